The van der Waals surface area contributed by atoms with Crippen LogP contribution in [0, 0.1) is 0 Å². The maximum atomic E-state index is 5.47. The van der Waals surface area contributed by atoms with Crippen molar-refractivity contribution >= 4 is 28.4 Å². The molecule has 0 saturated heterocycles. The first kappa shape index (κ1) is 17.4. The standard InChI is InChI=1S/C21H24N4O2/c1-26-15-11-12-18(19(13-15)27-2)24-21-23-17-10-6-5-9-16(17)20(25-21)22-14-7-3-4-8-14/h5-6,9-14H,3-4,7-8H2,1-2H3,(H2,22,23,24,25). The lowest BCUT2D eigenvalue weighted by molar-refractivity contribution is 0.395. The number of methoxy groups -OCH3 is 2. The van der Waals surface area contributed by atoms with E-state index in [2.05, 4.69) is 21.7 Å². The van der Waals surface area contributed by atoms with Gasteiger partial charge in [0.05, 0.1) is 25.4 Å². The number of rotatable bonds is 6. The van der Waals surface area contributed by atoms with Crippen LogP contribution in [0.5, 0.6) is 11.5 Å². The molecule has 1 fully saturated rings. The maximum Gasteiger partial charge on any atom is 0.229 e. The summed E-state index contributed by atoms with van der Waals surface area (Å²) in [5.74, 6) is 2.83. The highest BCUT2D eigenvalue weighted by atomic mass is 16.5. The molecule has 27 heavy (non-hydrogen) atoms. The second-order valence-corrected chi connectivity index (χ2v) is 6.73. The van der Waals surface area contributed by atoms with Crippen LogP contribution in [0.1, 0.15) is 25.7 Å². The van der Waals surface area contributed by atoms with Crippen LogP contribution in [0.4, 0.5) is 17.5 Å². The number of hydrogen-bond acceptors (Lipinski definition) is 6. The van der Waals surface area contributed by atoms with Crippen LogP contribution in [0.2, 0.25) is 0 Å². The summed E-state index contributed by atoms with van der Waals surface area (Å²) >= 11 is 0. The summed E-state index contributed by atoms with van der Waals surface area (Å²) in [7, 11) is 3.27. The van der Waals surface area contributed by atoms with Gasteiger partial charge >= 0.3 is 0 Å². The largest absolute Gasteiger partial charge is 0.497 e. The van der Waals surface area contributed by atoms with Crippen molar-refractivity contribution in [2.45, 2.75) is 31.7 Å². The molecule has 3 aromatic rings. The van der Waals surface area contributed by atoms with E-state index in [1.165, 1.54) is 25.7 Å². The van der Waals surface area contributed by atoms with Crippen LogP contribution in [-0.4, -0.2) is 30.2 Å². The van der Waals surface area contributed by atoms with Gasteiger partial charge in [-0.15, -0.1) is 0 Å². The van der Waals surface area contributed by atoms with Crippen molar-refractivity contribution in [2.24, 2.45) is 0 Å². The van der Waals surface area contributed by atoms with Crippen LogP contribution in [0.25, 0.3) is 10.9 Å². The number of fused-ring (bicyclic) bond motifs is 1. The molecule has 0 amide bonds. The third kappa shape index (κ3) is 3.74. The number of para-hydroxylation sites is 1. The minimum absolute atomic E-state index is 0.478. The number of aromatic nitrogens is 2. The molecule has 1 aliphatic rings. The zero-order valence-corrected chi connectivity index (χ0v) is 15.7. The summed E-state index contributed by atoms with van der Waals surface area (Å²) in [5, 5.41) is 7.94. The highest BCUT2D eigenvalue weighted by Crippen LogP contribution is 2.32. The normalized spacial score (nSPS) is 14.3. The monoisotopic (exact) mass is 364 g/mol. The molecule has 0 bridgehead atoms. The van der Waals surface area contributed by atoms with E-state index in [4.69, 9.17) is 14.5 Å². The molecule has 0 spiro atoms. The Bertz CT molecular complexity index is 939. The molecule has 6 nitrogen and oxygen atoms in total. The molecule has 0 unspecified atom stereocenters. The van der Waals surface area contributed by atoms with Gasteiger partial charge in [0.25, 0.3) is 0 Å². The molecular formula is C21H24N4O2. The lowest BCUT2D eigenvalue weighted by Crippen LogP contribution is -2.16. The summed E-state index contributed by atoms with van der Waals surface area (Å²) < 4.78 is 10.7. The van der Waals surface area contributed by atoms with Crippen molar-refractivity contribution in [3.05, 3.63) is 42.5 Å². The zero-order chi connectivity index (χ0) is 18.6. The predicted molar refractivity (Wildman–Crippen MR) is 108 cm³/mol. The Hall–Kier alpha value is -3.02. The smallest absolute Gasteiger partial charge is 0.229 e. The van der Waals surface area contributed by atoms with Gasteiger partial charge in [0.2, 0.25) is 5.95 Å². The highest BCUT2D eigenvalue weighted by Gasteiger charge is 2.17. The quantitative estimate of drug-likeness (QED) is 0.658. The number of ether oxygens (including phenoxy) is 2. The topological polar surface area (TPSA) is 68.3 Å². The van der Waals surface area contributed by atoms with Gasteiger partial charge in [-0.25, -0.2) is 4.98 Å². The Kier molecular flexibility index (Phi) is 4.96. The molecule has 0 atom stereocenters. The fourth-order valence-corrected chi connectivity index (χ4v) is 3.53. The van der Waals surface area contributed by atoms with E-state index in [1.807, 2.05) is 36.4 Å². The van der Waals surface area contributed by atoms with Crippen molar-refractivity contribution in [2.75, 3.05) is 24.9 Å². The highest BCUT2D eigenvalue weighted by molar-refractivity contribution is 5.90. The SMILES string of the molecule is COc1ccc(Nc2nc(NC3CCCC3)c3ccccc3n2)c(OC)c1. The molecule has 1 saturated carbocycles. The number of benzene rings is 2. The number of anilines is 3. The first-order valence-corrected chi connectivity index (χ1v) is 9.29. The Morgan fingerprint density at radius 3 is 2.56 bits per heavy atom. The lowest BCUT2D eigenvalue weighted by Gasteiger charge is -2.17. The molecule has 2 N–H and O–H groups in total. The van der Waals surface area contributed by atoms with E-state index >= 15 is 0 Å². The van der Waals surface area contributed by atoms with Crippen LogP contribution in [-0.2, 0) is 0 Å². The van der Waals surface area contributed by atoms with E-state index in [9.17, 15) is 0 Å². The summed E-state index contributed by atoms with van der Waals surface area (Å²) in [5.41, 5.74) is 1.70. The average Bonchev–Trinajstić information content (AvgIpc) is 3.21. The Morgan fingerprint density at radius 2 is 1.78 bits per heavy atom. The minimum Gasteiger partial charge on any atom is -0.497 e. The van der Waals surface area contributed by atoms with Gasteiger partial charge in [0, 0.05) is 17.5 Å². The van der Waals surface area contributed by atoms with Crippen LogP contribution in [0.15, 0.2) is 42.5 Å². The van der Waals surface area contributed by atoms with E-state index in [0.717, 1.165) is 28.2 Å². The van der Waals surface area contributed by atoms with E-state index in [0.29, 0.717) is 17.7 Å². The summed E-state index contributed by atoms with van der Waals surface area (Å²) in [6.45, 7) is 0. The van der Waals surface area contributed by atoms with Gasteiger partial charge in [-0.3, -0.25) is 0 Å². The van der Waals surface area contributed by atoms with E-state index < -0.39 is 0 Å². The van der Waals surface area contributed by atoms with Gasteiger partial charge in [-0.1, -0.05) is 25.0 Å². The van der Waals surface area contributed by atoms with Gasteiger partial charge in [0.1, 0.15) is 17.3 Å². The average molecular weight is 364 g/mol. The number of hydrogen-bond donors (Lipinski definition) is 2. The van der Waals surface area contributed by atoms with Crippen LogP contribution in [0.3, 0.4) is 0 Å². The van der Waals surface area contributed by atoms with Crippen molar-refractivity contribution in [1.29, 1.82) is 0 Å². The third-order valence-corrected chi connectivity index (χ3v) is 4.95. The van der Waals surface area contributed by atoms with Crippen LogP contribution >= 0.6 is 0 Å². The van der Waals surface area contributed by atoms with Crippen LogP contribution < -0.4 is 20.1 Å². The Labute approximate surface area is 158 Å². The number of nitrogens with zero attached hydrogens (tertiary/aromatic N) is 2. The fourth-order valence-electron chi connectivity index (χ4n) is 3.53. The van der Waals surface area contributed by atoms with Gasteiger partial charge in [-0.05, 0) is 37.1 Å². The molecule has 1 heterocycles. The maximum absolute atomic E-state index is 5.47. The predicted octanol–water partition coefficient (Wildman–Crippen LogP) is 4.75. The van der Waals surface area contributed by atoms with Crippen molar-refractivity contribution in [1.82, 2.24) is 9.97 Å². The summed E-state index contributed by atoms with van der Waals surface area (Å²) in [6.07, 6.45) is 4.92. The van der Waals surface area contributed by atoms with E-state index in [1.54, 1.807) is 14.2 Å². The summed E-state index contributed by atoms with van der Waals surface area (Å²) in [4.78, 5) is 9.43. The van der Waals surface area contributed by atoms with Crippen molar-refractivity contribution in [3.63, 3.8) is 0 Å². The second-order valence-electron chi connectivity index (χ2n) is 6.73. The molecular weight excluding hydrogens is 340 g/mol. The fraction of sp³-hybridized carbons (Fsp3) is 0.333. The Balaban J connectivity index is 1.69. The lowest BCUT2D eigenvalue weighted by atomic mass is 10.2. The molecule has 140 valence electrons. The summed E-state index contributed by atoms with van der Waals surface area (Å²) in [6, 6.07) is 14.2. The molecule has 2 aromatic carbocycles. The Morgan fingerprint density at radius 1 is 0.963 bits per heavy atom. The molecule has 6 heteroatoms. The molecule has 0 radical (unpaired) electrons. The molecule has 1 aliphatic carbocycles. The molecule has 4 rings (SSSR count). The second kappa shape index (κ2) is 7.70. The zero-order valence-electron chi connectivity index (χ0n) is 15.7. The van der Waals surface area contributed by atoms with Gasteiger partial charge in [-0.2, -0.15) is 4.98 Å². The first-order valence-electron chi connectivity index (χ1n) is 9.29. The molecule has 1 aromatic heterocycles. The number of nitrogens with one attached hydrogen (secondary N) is 2. The van der Waals surface area contributed by atoms with Gasteiger partial charge in [0.15, 0.2) is 0 Å². The van der Waals surface area contributed by atoms with Crippen molar-refractivity contribution < 1.29 is 9.47 Å². The first-order chi connectivity index (χ1) is 13.3. The molecule has 0 aliphatic heterocycles. The third-order valence-electron chi connectivity index (χ3n) is 4.95. The minimum atomic E-state index is 0.478. The van der Waals surface area contributed by atoms with Crippen molar-refractivity contribution in [3.8, 4) is 11.5 Å². The van der Waals surface area contributed by atoms with Gasteiger partial charge < -0.3 is 20.1 Å². The van der Waals surface area contributed by atoms with E-state index in [-0.39, 0.29) is 0 Å².